The number of fused-ring (bicyclic) bond motifs is 1. The SMILES string of the molecule is CN1CCc2[nH]nc(-c3ccccc3C(F)(F)F)c2C1. The number of halogens is 3. The van der Waals surface area contributed by atoms with Crippen LogP contribution >= 0.6 is 0 Å². The van der Waals surface area contributed by atoms with Crippen LogP contribution in [0.2, 0.25) is 0 Å². The van der Waals surface area contributed by atoms with E-state index in [9.17, 15) is 13.2 Å². The molecule has 0 saturated heterocycles. The van der Waals surface area contributed by atoms with E-state index in [1.807, 2.05) is 7.05 Å². The van der Waals surface area contributed by atoms with Gasteiger partial charge in [0.25, 0.3) is 0 Å². The van der Waals surface area contributed by atoms with E-state index in [0.717, 1.165) is 30.3 Å². The molecule has 1 N–H and O–H groups in total. The quantitative estimate of drug-likeness (QED) is 0.871. The second-order valence-corrected chi connectivity index (χ2v) is 5.06. The van der Waals surface area contributed by atoms with Gasteiger partial charge in [-0.2, -0.15) is 18.3 Å². The van der Waals surface area contributed by atoms with Gasteiger partial charge in [0.1, 0.15) is 0 Å². The molecule has 2 heterocycles. The molecule has 106 valence electrons. The standard InChI is InChI=1S/C14H14F3N3/c1-20-7-6-12-10(8-20)13(19-18-12)9-4-2-3-5-11(9)14(15,16)17/h2-5H,6-8H2,1H3,(H,18,19). The number of alkyl halides is 3. The van der Waals surface area contributed by atoms with Crippen LogP contribution in [-0.2, 0) is 19.1 Å². The van der Waals surface area contributed by atoms with Crippen molar-refractivity contribution >= 4 is 0 Å². The lowest BCUT2D eigenvalue weighted by atomic mass is 9.97. The molecule has 3 rings (SSSR count). The molecule has 3 nitrogen and oxygen atoms in total. The Labute approximate surface area is 114 Å². The summed E-state index contributed by atoms with van der Waals surface area (Å²) in [5.74, 6) is 0. The first-order valence-electron chi connectivity index (χ1n) is 6.38. The van der Waals surface area contributed by atoms with Crippen LogP contribution in [-0.4, -0.2) is 28.7 Å². The largest absolute Gasteiger partial charge is 0.417 e. The third-order valence-corrected chi connectivity index (χ3v) is 3.61. The molecule has 1 aromatic carbocycles. The van der Waals surface area contributed by atoms with Gasteiger partial charge in [0, 0.05) is 36.3 Å². The van der Waals surface area contributed by atoms with Crippen LogP contribution in [0.4, 0.5) is 13.2 Å². The molecule has 2 aromatic rings. The molecular weight excluding hydrogens is 267 g/mol. The summed E-state index contributed by atoms with van der Waals surface area (Å²) in [6.45, 7) is 1.50. The van der Waals surface area contributed by atoms with Crippen LogP contribution < -0.4 is 0 Å². The van der Waals surface area contributed by atoms with Crippen molar-refractivity contribution in [3.63, 3.8) is 0 Å². The minimum Gasteiger partial charge on any atom is -0.302 e. The maximum absolute atomic E-state index is 13.1. The molecule has 0 saturated carbocycles. The second kappa shape index (κ2) is 4.63. The van der Waals surface area contributed by atoms with Crippen molar-refractivity contribution in [2.24, 2.45) is 0 Å². The molecule has 0 spiro atoms. The number of hydrogen-bond donors (Lipinski definition) is 1. The summed E-state index contributed by atoms with van der Waals surface area (Å²) in [5.41, 5.74) is 1.74. The van der Waals surface area contributed by atoms with E-state index in [4.69, 9.17) is 0 Å². The molecule has 6 heteroatoms. The third kappa shape index (κ3) is 2.20. The maximum atomic E-state index is 13.1. The van der Waals surface area contributed by atoms with Gasteiger partial charge in [-0.05, 0) is 13.1 Å². The number of nitrogens with one attached hydrogen (secondary N) is 1. The third-order valence-electron chi connectivity index (χ3n) is 3.61. The van der Waals surface area contributed by atoms with Gasteiger partial charge >= 0.3 is 6.18 Å². The van der Waals surface area contributed by atoms with E-state index in [0.29, 0.717) is 12.2 Å². The molecule has 0 aliphatic carbocycles. The fourth-order valence-corrected chi connectivity index (χ4v) is 2.59. The predicted molar refractivity (Wildman–Crippen MR) is 69.1 cm³/mol. The van der Waals surface area contributed by atoms with Crippen molar-refractivity contribution < 1.29 is 13.2 Å². The Bertz CT molecular complexity index is 631. The number of likely N-dealkylation sites (N-methyl/N-ethyl adjacent to an activating group) is 1. The number of rotatable bonds is 1. The fraction of sp³-hybridized carbons (Fsp3) is 0.357. The summed E-state index contributed by atoms with van der Waals surface area (Å²) >= 11 is 0. The van der Waals surface area contributed by atoms with Gasteiger partial charge < -0.3 is 4.90 Å². The van der Waals surface area contributed by atoms with Crippen molar-refractivity contribution in [1.82, 2.24) is 15.1 Å². The van der Waals surface area contributed by atoms with Crippen LogP contribution in [0.1, 0.15) is 16.8 Å². The lowest BCUT2D eigenvalue weighted by Crippen LogP contribution is -2.26. The van der Waals surface area contributed by atoms with Gasteiger partial charge in [-0.15, -0.1) is 0 Å². The Morgan fingerprint density at radius 3 is 2.75 bits per heavy atom. The van der Waals surface area contributed by atoms with Crippen molar-refractivity contribution in [3.8, 4) is 11.3 Å². The number of benzene rings is 1. The van der Waals surface area contributed by atoms with E-state index in [-0.39, 0.29) is 5.56 Å². The number of hydrogen-bond acceptors (Lipinski definition) is 2. The summed E-state index contributed by atoms with van der Waals surface area (Å²) < 4.78 is 39.3. The molecule has 0 amide bonds. The Morgan fingerprint density at radius 1 is 1.25 bits per heavy atom. The van der Waals surface area contributed by atoms with E-state index in [1.54, 1.807) is 6.07 Å². The smallest absolute Gasteiger partial charge is 0.302 e. The summed E-state index contributed by atoms with van der Waals surface area (Å²) in [6, 6.07) is 5.59. The van der Waals surface area contributed by atoms with Crippen LogP contribution in [0.3, 0.4) is 0 Å². The molecule has 0 bridgehead atoms. The zero-order valence-corrected chi connectivity index (χ0v) is 11.0. The van der Waals surface area contributed by atoms with Crippen molar-refractivity contribution in [2.45, 2.75) is 19.1 Å². The first-order valence-corrected chi connectivity index (χ1v) is 6.38. The van der Waals surface area contributed by atoms with E-state index >= 15 is 0 Å². The minimum absolute atomic E-state index is 0.146. The average Bonchev–Trinajstić information content (AvgIpc) is 2.80. The lowest BCUT2D eigenvalue weighted by Gasteiger charge is -2.22. The van der Waals surface area contributed by atoms with Crippen molar-refractivity contribution in [3.05, 3.63) is 41.1 Å². The summed E-state index contributed by atoms with van der Waals surface area (Å²) in [4.78, 5) is 2.08. The Hall–Kier alpha value is -1.82. The van der Waals surface area contributed by atoms with Crippen LogP contribution in [0.25, 0.3) is 11.3 Å². The summed E-state index contributed by atoms with van der Waals surface area (Å²) in [6.07, 6.45) is -3.59. The monoisotopic (exact) mass is 281 g/mol. The normalized spacial score (nSPS) is 16.2. The lowest BCUT2D eigenvalue weighted by molar-refractivity contribution is -0.137. The predicted octanol–water partition coefficient (Wildman–Crippen LogP) is 3.08. The van der Waals surface area contributed by atoms with Gasteiger partial charge in [-0.1, -0.05) is 18.2 Å². The van der Waals surface area contributed by atoms with Gasteiger partial charge in [0.05, 0.1) is 11.3 Å². The van der Waals surface area contributed by atoms with E-state index < -0.39 is 11.7 Å². The van der Waals surface area contributed by atoms with Gasteiger partial charge in [0.15, 0.2) is 0 Å². The van der Waals surface area contributed by atoms with Crippen LogP contribution in [0.15, 0.2) is 24.3 Å². The molecule has 0 unspecified atom stereocenters. The van der Waals surface area contributed by atoms with Gasteiger partial charge in [0.2, 0.25) is 0 Å². The Morgan fingerprint density at radius 2 is 2.00 bits per heavy atom. The molecular formula is C14H14F3N3. The highest BCUT2D eigenvalue weighted by atomic mass is 19.4. The molecule has 1 aliphatic rings. The summed E-state index contributed by atoms with van der Waals surface area (Å²) in [7, 11) is 1.95. The number of aromatic amines is 1. The highest BCUT2D eigenvalue weighted by Gasteiger charge is 2.35. The highest BCUT2D eigenvalue weighted by Crippen LogP contribution is 2.38. The highest BCUT2D eigenvalue weighted by molar-refractivity contribution is 5.68. The molecule has 1 aliphatic heterocycles. The molecule has 0 radical (unpaired) electrons. The molecule has 0 atom stereocenters. The topological polar surface area (TPSA) is 31.9 Å². The zero-order chi connectivity index (χ0) is 14.3. The second-order valence-electron chi connectivity index (χ2n) is 5.06. The molecule has 1 aromatic heterocycles. The van der Waals surface area contributed by atoms with Gasteiger partial charge in [-0.25, -0.2) is 0 Å². The number of aromatic nitrogens is 2. The Kier molecular flexibility index (Phi) is 3.05. The number of H-pyrrole nitrogens is 1. The van der Waals surface area contributed by atoms with Crippen molar-refractivity contribution in [2.75, 3.05) is 13.6 Å². The molecule has 0 fully saturated rings. The van der Waals surface area contributed by atoms with Crippen LogP contribution in [0.5, 0.6) is 0 Å². The fourth-order valence-electron chi connectivity index (χ4n) is 2.59. The minimum atomic E-state index is -4.37. The zero-order valence-electron chi connectivity index (χ0n) is 11.0. The van der Waals surface area contributed by atoms with E-state index in [2.05, 4.69) is 15.1 Å². The number of nitrogens with zero attached hydrogens (tertiary/aromatic N) is 2. The van der Waals surface area contributed by atoms with E-state index in [1.165, 1.54) is 12.1 Å². The molecule has 20 heavy (non-hydrogen) atoms. The van der Waals surface area contributed by atoms with Crippen LogP contribution in [0, 0.1) is 0 Å². The summed E-state index contributed by atoms with van der Waals surface area (Å²) in [5, 5.41) is 7.00. The maximum Gasteiger partial charge on any atom is 0.417 e. The average molecular weight is 281 g/mol. The first-order chi connectivity index (χ1) is 9.47. The van der Waals surface area contributed by atoms with Crippen molar-refractivity contribution in [1.29, 1.82) is 0 Å². The Balaban J connectivity index is 2.14. The van der Waals surface area contributed by atoms with Gasteiger partial charge in [-0.3, -0.25) is 5.10 Å². The first kappa shape index (κ1) is 13.2.